The first-order valence-corrected chi connectivity index (χ1v) is 8.53. The molecule has 1 saturated heterocycles. The quantitative estimate of drug-likeness (QED) is 0.898. The van der Waals surface area contributed by atoms with Crippen LogP contribution >= 0.6 is 11.8 Å². The van der Waals surface area contributed by atoms with E-state index in [2.05, 4.69) is 53.9 Å². The van der Waals surface area contributed by atoms with Crippen molar-refractivity contribution in [1.82, 2.24) is 4.90 Å². The van der Waals surface area contributed by atoms with Gasteiger partial charge < -0.3 is 5.73 Å². The Morgan fingerprint density at radius 3 is 2.68 bits per heavy atom. The Kier molecular flexibility index (Phi) is 5.74. The second-order valence-electron chi connectivity index (χ2n) is 5.40. The third-order valence-corrected chi connectivity index (χ3v) is 5.36. The number of nitrogens with zero attached hydrogens (tertiary/aromatic N) is 1. The Hall–Kier alpha value is -0.510. The van der Waals surface area contributed by atoms with E-state index in [-0.39, 0.29) is 5.54 Å². The molecular formula is C16H26N2S. The van der Waals surface area contributed by atoms with Crippen LogP contribution in [0.1, 0.15) is 25.3 Å². The highest BCUT2D eigenvalue weighted by Gasteiger charge is 2.34. The Labute approximate surface area is 121 Å². The van der Waals surface area contributed by atoms with Crippen molar-refractivity contribution in [2.45, 2.75) is 31.7 Å². The molecule has 2 nitrogen and oxygen atoms in total. The summed E-state index contributed by atoms with van der Waals surface area (Å²) in [6.45, 7) is 5.42. The third-order valence-electron chi connectivity index (χ3n) is 4.31. The molecule has 2 rings (SSSR count). The topological polar surface area (TPSA) is 29.3 Å². The molecular weight excluding hydrogens is 252 g/mol. The van der Waals surface area contributed by atoms with Crippen LogP contribution in [0.4, 0.5) is 0 Å². The number of hydrogen-bond donors (Lipinski definition) is 1. The van der Waals surface area contributed by atoms with Gasteiger partial charge in [0.05, 0.1) is 0 Å². The molecule has 0 bridgehead atoms. The van der Waals surface area contributed by atoms with Gasteiger partial charge in [0.15, 0.2) is 0 Å². The molecule has 1 aromatic rings. The van der Waals surface area contributed by atoms with Crippen LogP contribution in [0.25, 0.3) is 0 Å². The van der Waals surface area contributed by atoms with Crippen molar-refractivity contribution in [3.63, 3.8) is 0 Å². The predicted octanol–water partition coefficient (Wildman–Crippen LogP) is 2.78. The zero-order chi connectivity index (χ0) is 13.6. The Balaban J connectivity index is 2.15. The SMILES string of the molecule is CCC(CN)(Cc1ccccc1)N1CCCSCC1. The lowest BCUT2D eigenvalue weighted by atomic mass is 9.86. The third kappa shape index (κ3) is 3.74. The van der Waals surface area contributed by atoms with E-state index in [1.165, 1.54) is 36.6 Å². The lowest BCUT2D eigenvalue weighted by Crippen LogP contribution is -2.55. The number of nitrogens with two attached hydrogens (primary N) is 1. The van der Waals surface area contributed by atoms with Gasteiger partial charge in [-0.1, -0.05) is 37.3 Å². The van der Waals surface area contributed by atoms with E-state index in [4.69, 9.17) is 5.73 Å². The second-order valence-corrected chi connectivity index (χ2v) is 6.62. The van der Waals surface area contributed by atoms with Gasteiger partial charge in [-0.2, -0.15) is 11.8 Å². The number of hydrogen-bond acceptors (Lipinski definition) is 3. The molecule has 1 unspecified atom stereocenters. The minimum atomic E-state index is 0.145. The van der Waals surface area contributed by atoms with Gasteiger partial charge in [-0.25, -0.2) is 0 Å². The highest BCUT2D eigenvalue weighted by Crippen LogP contribution is 2.26. The fourth-order valence-electron chi connectivity index (χ4n) is 3.00. The summed E-state index contributed by atoms with van der Waals surface area (Å²) in [5, 5.41) is 0. The molecule has 1 aromatic carbocycles. The first-order chi connectivity index (χ1) is 9.30. The smallest absolute Gasteiger partial charge is 0.0369 e. The molecule has 19 heavy (non-hydrogen) atoms. The van der Waals surface area contributed by atoms with Crippen LogP contribution in [0.3, 0.4) is 0 Å². The van der Waals surface area contributed by atoms with Gasteiger partial charge in [-0.15, -0.1) is 0 Å². The Morgan fingerprint density at radius 2 is 2.00 bits per heavy atom. The molecule has 0 radical (unpaired) electrons. The van der Waals surface area contributed by atoms with Crippen molar-refractivity contribution < 1.29 is 0 Å². The second kappa shape index (κ2) is 7.32. The van der Waals surface area contributed by atoms with E-state index < -0.39 is 0 Å². The average molecular weight is 278 g/mol. The van der Waals surface area contributed by atoms with Gasteiger partial charge in [0.1, 0.15) is 0 Å². The van der Waals surface area contributed by atoms with E-state index in [0.29, 0.717) is 0 Å². The Bertz CT molecular complexity index is 354. The molecule has 1 aliphatic heterocycles. The van der Waals surface area contributed by atoms with Crippen LogP contribution < -0.4 is 5.73 Å². The number of benzene rings is 1. The summed E-state index contributed by atoms with van der Waals surface area (Å²) in [5.74, 6) is 2.54. The first-order valence-electron chi connectivity index (χ1n) is 7.37. The van der Waals surface area contributed by atoms with E-state index >= 15 is 0 Å². The molecule has 0 amide bonds. The van der Waals surface area contributed by atoms with Crippen molar-refractivity contribution >= 4 is 11.8 Å². The van der Waals surface area contributed by atoms with E-state index in [9.17, 15) is 0 Å². The Morgan fingerprint density at radius 1 is 1.21 bits per heavy atom. The lowest BCUT2D eigenvalue weighted by molar-refractivity contribution is 0.0980. The van der Waals surface area contributed by atoms with Gasteiger partial charge in [-0.05, 0) is 37.1 Å². The molecule has 0 aliphatic carbocycles. The highest BCUT2D eigenvalue weighted by atomic mass is 32.2. The molecule has 2 N–H and O–H groups in total. The van der Waals surface area contributed by atoms with Crippen LogP contribution in [-0.2, 0) is 6.42 Å². The normalized spacial score (nSPS) is 20.7. The maximum Gasteiger partial charge on any atom is 0.0369 e. The summed E-state index contributed by atoms with van der Waals surface area (Å²) >= 11 is 2.08. The van der Waals surface area contributed by atoms with Gasteiger partial charge >= 0.3 is 0 Å². The summed E-state index contributed by atoms with van der Waals surface area (Å²) < 4.78 is 0. The van der Waals surface area contributed by atoms with Crippen LogP contribution in [0.15, 0.2) is 30.3 Å². The maximum atomic E-state index is 6.20. The van der Waals surface area contributed by atoms with Gasteiger partial charge in [-0.3, -0.25) is 4.90 Å². The van der Waals surface area contributed by atoms with E-state index in [0.717, 1.165) is 19.4 Å². The minimum Gasteiger partial charge on any atom is -0.329 e. The number of rotatable bonds is 5. The zero-order valence-corrected chi connectivity index (χ0v) is 12.8. The number of thioether (sulfide) groups is 1. The largest absolute Gasteiger partial charge is 0.329 e. The van der Waals surface area contributed by atoms with Crippen LogP contribution in [0.2, 0.25) is 0 Å². The van der Waals surface area contributed by atoms with E-state index in [1.807, 2.05) is 0 Å². The maximum absolute atomic E-state index is 6.20. The minimum absolute atomic E-state index is 0.145. The molecule has 1 fully saturated rings. The zero-order valence-electron chi connectivity index (χ0n) is 12.0. The van der Waals surface area contributed by atoms with Gasteiger partial charge in [0.25, 0.3) is 0 Å². The van der Waals surface area contributed by atoms with Crippen molar-refractivity contribution in [3.8, 4) is 0 Å². The monoisotopic (exact) mass is 278 g/mol. The lowest BCUT2D eigenvalue weighted by Gasteiger charge is -2.43. The van der Waals surface area contributed by atoms with Crippen molar-refractivity contribution in [3.05, 3.63) is 35.9 Å². The summed E-state index contributed by atoms with van der Waals surface area (Å²) in [6.07, 6.45) is 3.50. The first kappa shape index (κ1) is 14.9. The van der Waals surface area contributed by atoms with Crippen LogP contribution in [-0.4, -0.2) is 41.6 Å². The molecule has 0 spiro atoms. The molecule has 3 heteroatoms. The van der Waals surface area contributed by atoms with Gasteiger partial charge in [0, 0.05) is 24.4 Å². The molecule has 0 aromatic heterocycles. The fourth-order valence-corrected chi connectivity index (χ4v) is 3.89. The van der Waals surface area contributed by atoms with Crippen molar-refractivity contribution in [1.29, 1.82) is 0 Å². The van der Waals surface area contributed by atoms with Crippen molar-refractivity contribution in [2.24, 2.45) is 5.73 Å². The van der Waals surface area contributed by atoms with Gasteiger partial charge in [0.2, 0.25) is 0 Å². The standard InChI is InChI=1S/C16H26N2S/c1-2-16(14-17,13-15-7-4-3-5-8-15)18-9-6-11-19-12-10-18/h3-5,7-8H,2,6,9-14,17H2,1H3. The van der Waals surface area contributed by atoms with Crippen molar-refractivity contribution in [2.75, 3.05) is 31.1 Å². The summed E-state index contributed by atoms with van der Waals surface area (Å²) in [5.41, 5.74) is 7.75. The average Bonchev–Trinajstić information content (AvgIpc) is 2.75. The van der Waals surface area contributed by atoms with Crippen LogP contribution in [0.5, 0.6) is 0 Å². The molecule has 0 saturated carbocycles. The predicted molar refractivity (Wildman–Crippen MR) is 85.7 cm³/mol. The fraction of sp³-hybridized carbons (Fsp3) is 0.625. The molecule has 106 valence electrons. The molecule has 1 aliphatic rings. The molecule has 1 heterocycles. The van der Waals surface area contributed by atoms with Crippen LogP contribution in [0, 0.1) is 0 Å². The highest BCUT2D eigenvalue weighted by molar-refractivity contribution is 7.99. The summed E-state index contributed by atoms with van der Waals surface area (Å²) in [7, 11) is 0. The van der Waals surface area contributed by atoms with E-state index in [1.54, 1.807) is 0 Å². The summed E-state index contributed by atoms with van der Waals surface area (Å²) in [4.78, 5) is 2.65. The molecule has 1 atom stereocenters. The summed E-state index contributed by atoms with van der Waals surface area (Å²) in [6, 6.07) is 10.8.